The number of halogens is 5. The Bertz CT molecular complexity index is 588. The summed E-state index contributed by atoms with van der Waals surface area (Å²) in [6.45, 7) is 2.84. The van der Waals surface area contributed by atoms with Gasteiger partial charge in [0, 0.05) is 13.1 Å². The van der Waals surface area contributed by atoms with Gasteiger partial charge < -0.3 is 21.1 Å². The third-order valence-corrected chi connectivity index (χ3v) is 3.83. The summed E-state index contributed by atoms with van der Waals surface area (Å²) in [6, 6.07) is 3.25. The molecule has 26 heavy (non-hydrogen) atoms. The Morgan fingerprint density at radius 1 is 1.27 bits per heavy atom. The van der Waals surface area contributed by atoms with Crippen molar-refractivity contribution in [2.45, 2.75) is 44.6 Å². The number of hydrogen-bond donors (Lipinski definition) is 3. The number of carbonyl (C=O) groups is 1. The second kappa shape index (κ2) is 10.8. The molecule has 10 heteroatoms. The minimum absolute atomic E-state index is 0. The molecule has 1 aromatic carbocycles. The fourth-order valence-corrected chi connectivity index (χ4v) is 2.52. The van der Waals surface area contributed by atoms with Gasteiger partial charge in [0.1, 0.15) is 6.10 Å². The zero-order valence-corrected chi connectivity index (χ0v) is 15.9. The Hall–Kier alpha value is -1.22. The molecule has 4 N–H and O–H groups in total. The molecule has 5 nitrogen and oxygen atoms in total. The lowest BCUT2D eigenvalue weighted by Gasteiger charge is -2.18. The van der Waals surface area contributed by atoms with E-state index in [0.717, 1.165) is 18.6 Å². The number of nitrogens with two attached hydrogens (primary N) is 1. The Kier molecular flexibility index (Phi) is 10.3. The zero-order chi connectivity index (χ0) is 17.7. The van der Waals surface area contributed by atoms with E-state index in [4.69, 9.17) is 10.5 Å². The van der Waals surface area contributed by atoms with Crippen molar-refractivity contribution in [2.24, 2.45) is 5.73 Å². The van der Waals surface area contributed by atoms with Gasteiger partial charge in [0.25, 0.3) is 5.91 Å². The van der Waals surface area contributed by atoms with E-state index in [1.54, 1.807) is 0 Å². The number of anilines is 2. The van der Waals surface area contributed by atoms with Crippen molar-refractivity contribution in [3.63, 3.8) is 0 Å². The molecule has 0 unspecified atom stereocenters. The van der Waals surface area contributed by atoms with Crippen LogP contribution < -0.4 is 16.4 Å². The Balaban J connectivity index is 0.00000312. The monoisotopic (exact) mass is 417 g/mol. The van der Waals surface area contributed by atoms with Crippen LogP contribution in [0.3, 0.4) is 0 Å². The van der Waals surface area contributed by atoms with Gasteiger partial charge in [-0.15, -0.1) is 24.8 Å². The number of benzene rings is 1. The van der Waals surface area contributed by atoms with E-state index in [0.29, 0.717) is 31.6 Å². The Labute approximate surface area is 163 Å². The molecule has 2 rings (SSSR count). The molecule has 1 aliphatic rings. The van der Waals surface area contributed by atoms with Crippen molar-refractivity contribution in [3.05, 3.63) is 23.8 Å². The standard InChI is InChI=1S/C16H22F3N3O2.2ClH/c1-2-7-21-12-5-3-10(16(17,18)19)8-13(12)22-15(23)14-6-4-11(9-20)24-14;;/h3,5,8,11,14,21H,2,4,6-7,9,20H2,1H3,(H,22,23);2*1H/t11-,14+;;/m1../s1. The molecule has 150 valence electrons. The number of alkyl halides is 3. The average molecular weight is 418 g/mol. The number of ether oxygens (including phenoxy) is 1. The minimum atomic E-state index is -4.47. The van der Waals surface area contributed by atoms with Gasteiger partial charge in [-0.3, -0.25) is 4.79 Å². The summed E-state index contributed by atoms with van der Waals surface area (Å²) in [4.78, 5) is 12.3. The molecule has 1 amide bonds. The summed E-state index contributed by atoms with van der Waals surface area (Å²) in [7, 11) is 0. The number of nitrogens with one attached hydrogen (secondary N) is 2. The van der Waals surface area contributed by atoms with Crippen LogP contribution in [0.4, 0.5) is 24.5 Å². The smallest absolute Gasteiger partial charge is 0.383 e. The lowest BCUT2D eigenvalue weighted by molar-refractivity contribution is -0.137. The second-order valence-electron chi connectivity index (χ2n) is 5.73. The summed E-state index contributed by atoms with van der Waals surface area (Å²) in [5.74, 6) is -0.454. The second-order valence-corrected chi connectivity index (χ2v) is 5.73. The van der Waals surface area contributed by atoms with Crippen LogP contribution in [0.2, 0.25) is 0 Å². The maximum Gasteiger partial charge on any atom is 0.416 e. The van der Waals surface area contributed by atoms with Gasteiger partial charge in [-0.05, 0) is 37.5 Å². The third-order valence-electron chi connectivity index (χ3n) is 3.83. The summed E-state index contributed by atoms with van der Waals surface area (Å²) < 4.78 is 44.2. The van der Waals surface area contributed by atoms with E-state index >= 15 is 0 Å². The molecule has 0 spiro atoms. The quantitative estimate of drug-likeness (QED) is 0.657. The van der Waals surface area contributed by atoms with Gasteiger partial charge in [-0.1, -0.05) is 6.92 Å². The fourth-order valence-electron chi connectivity index (χ4n) is 2.52. The molecule has 0 radical (unpaired) electrons. The highest BCUT2D eigenvalue weighted by Crippen LogP contribution is 2.34. The predicted molar refractivity (Wildman–Crippen MR) is 100 cm³/mol. The van der Waals surface area contributed by atoms with Crippen molar-refractivity contribution in [1.29, 1.82) is 0 Å². The van der Waals surface area contributed by atoms with Crippen LogP contribution in [0.5, 0.6) is 0 Å². The van der Waals surface area contributed by atoms with Crippen molar-refractivity contribution in [3.8, 4) is 0 Å². The lowest BCUT2D eigenvalue weighted by atomic mass is 10.1. The predicted octanol–water partition coefficient (Wildman–Crippen LogP) is 3.82. The van der Waals surface area contributed by atoms with Crippen LogP contribution in [0.15, 0.2) is 18.2 Å². The maximum absolute atomic E-state index is 12.9. The molecule has 1 heterocycles. The first-order valence-electron chi connectivity index (χ1n) is 7.96. The van der Waals surface area contributed by atoms with Gasteiger partial charge in [0.15, 0.2) is 0 Å². The van der Waals surface area contributed by atoms with Gasteiger partial charge in [0.2, 0.25) is 0 Å². The van der Waals surface area contributed by atoms with Crippen LogP contribution in [-0.4, -0.2) is 31.2 Å². The topological polar surface area (TPSA) is 76.4 Å². The fraction of sp³-hybridized carbons (Fsp3) is 0.562. The lowest BCUT2D eigenvalue weighted by Crippen LogP contribution is -2.30. The highest BCUT2D eigenvalue weighted by Gasteiger charge is 2.33. The molecule has 0 saturated carbocycles. The number of hydrogen-bond acceptors (Lipinski definition) is 4. The first-order valence-corrected chi connectivity index (χ1v) is 7.96. The van der Waals surface area contributed by atoms with Gasteiger partial charge in [-0.2, -0.15) is 13.2 Å². The molecule has 0 aromatic heterocycles. The van der Waals surface area contributed by atoms with Gasteiger partial charge >= 0.3 is 6.18 Å². The summed E-state index contributed by atoms with van der Waals surface area (Å²) in [5, 5.41) is 5.57. The van der Waals surface area contributed by atoms with E-state index < -0.39 is 23.8 Å². The van der Waals surface area contributed by atoms with Crippen LogP contribution in [0.25, 0.3) is 0 Å². The third kappa shape index (κ3) is 6.50. The largest absolute Gasteiger partial charge is 0.416 e. The average Bonchev–Trinajstić information content (AvgIpc) is 3.02. The van der Waals surface area contributed by atoms with E-state index in [2.05, 4.69) is 10.6 Å². The molecular formula is C16H24Cl2F3N3O2. The number of amides is 1. The molecule has 0 bridgehead atoms. The number of rotatable bonds is 6. The zero-order valence-electron chi connectivity index (χ0n) is 14.3. The summed E-state index contributed by atoms with van der Waals surface area (Å²) in [6.07, 6.45) is -3.37. The highest BCUT2D eigenvalue weighted by atomic mass is 35.5. The molecular weight excluding hydrogens is 394 g/mol. The van der Waals surface area contributed by atoms with E-state index in [-0.39, 0.29) is 36.6 Å². The normalized spacial score (nSPS) is 19.3. The molecule has 0 aliphatic carbocycles. The van der Waals surface area contributed by atoms with Gasteiger partial charge in [0.05, 0.1) is 23.0 Å². The highest BCUT2D eigenvalue weighted by molar-refractivity contribution is 5.97. The molecule has 2 atom stereocenters. The van der Waals surface area contributed by atoms with Crippen LogP contribution >= 0.6 is 24.8 Å². The van der Waals surface area contributed by atoms with Crippen molar-refractivity contribution < 1.29 is 22.7 Å². The van der Waals surface area contributed by atoms with Crippen LogP contribution in [-0.2, 0) is 15.7 Å². The van der Waals surface area contributed by atoms with E-state index in [9.17, 15) is 18.0 Å². The molecule has 1 aliphatic heterocycles. The molecule has 1 saturated heterocycles. The SMILES string of the molecule is CCCNc1ccc(C(F)(F)F)cc1NC(=O)[C@@H]1CC[C@H](CN)O1.Cl.Cl. The Morgan fingerprint density at radius 2 is 1.96 bits per heavy atom. The van der Waals surface area contributed by atoms with E-state index in [1.165, 1.54) is 6.07 Å². The number of carbonyl (C=O) groups excluding carboxylic acids is 1. The summed E-state index contributed by atoms with van der Waals surface area (Å²) in [5.41, 5.74) is 5.24. The summed E-state index contributed by atoms with van der Waals surface area (Å²) >= 11 is 0. The van der Waals surface area contributed by atoms with Crippen LogP contribution in [0, 0.1) is 0 Å². The maximum atomic E-state index is 12.9. The van der Waals surface area contributed by atoms with E-state index in [1.807, 2.05) is 6.92 Å². The first kappa shape index (κ1) is 24.8. The van der Waals surface area contributed by atoms with Crippen molar-refractivity contribution >= 4 is 42.1 Å². The molecule has 1 fully saturated rings. The van der Waals surface area contributed by atoms with Gasteiger partial charge in [-0.25, -0.2) is 0 Å². The molecule has 1 aromatic rings. The minimum Gasteiger partial charge on any atom is -0.383 e. The Morgan fingerprint density at radius 3 is 2.50 bits per heavy atom. The van der Waals surface area contributed by atoms with Crippen molar-refractivity contribution in [2.75, 3.05) is 23.7 Å². The van der Waals surface area contributed by atoms with Crippen LogP contribution in [0.1, 0.15) is 31.7 Å². The first-order chi connectivity index (χ1) is 11.3. The van der Waals surface area contributed by atoms with Crippen molar-refractivity contribution in [1.82, 2.24) is 0 Å².